The molecule has 2 N–H and O–H groups in total. The van der Waals surface area contributed by atoms with Crippen LogP contribution < -0.4 is 15.5 Å². The molecule has 0 spiro atoms. The van der Waals surface area contributed by atoms with E-state index in [4.69, 9.17) is 0 Å². The summed E-state index contributed by atoms with van der Waals surface area (Å²) in [5, 5.41) is 5.53. The summed E-state index contributed by atoms with van der Waals surface area (Å²) in [4.78, 5) is 40.4. The fraction of sp³-hybridized carbons (Fsp3) is 0.571. The number of benzene rings is 1. The Hall–Kier alpha value is -2.57. The number of urea groups is 1. The van der Waals surface area contributed by atoms with Gasteiger partial charge in [-0.3, -0.25) is 14.5 Å². The molecule has 2 aliphatic rings. The predicted octanol–water partition coefficient (Wildman–Crippen LogP) is 2.05. The first-order valence-corrected chi connectivity index (χ1v) is 10.1. The maximum absolute atomic E-state index is 12.6. The van der Waals surface area contributed by atoms with Crippen LogP contribution in [0, 0.1) is 0 Å². The molecule has 0 radical (unpaired) electrons. The number of nitrogens with one attached hydrogen (secondary N) is 2. The summed E-state index contributed by atoms with van der Waals surface area (Å²) in [6.45, 7) is 0.501. The number of anilines is 1. The third-order valence-corrected chi connectivity index (χ3v) is 5.57. The highest BCUT2D eigenvalue weighted by atomic mass is 16.2. The second-order valence-electron chi connectivity index (χ2n) is 7.87. The number of imide groups is 1. The van der Waals surface area contributed by atoms with Crippen LogP contribution in [-0.2, 0) is 16.0 Å². The van der Waals surface area contributed by atoms with Gasteiger partial charge in [-0.2, -0.15) is 0 Å². The fourth-order valence-corrected chi connectivity index (χ4v) is 3.94. The molecule has 0 bridgehead atoms. The number of nitrogens with zero attached hydrogens (tertiary/aromatic N) is 2. The van der Waals surface area contributed by atoms with Gasteiger partial charge in [0.1, 0.15) is 6.04 Å². The fourth-order valence-electron chi connectivity index (χ4n) is 3.94. The minimum absolute atomic E-state index is 0.00659. The Morgan fingerprint density at radius 3 is 2.46 bits per heavy atom. The molecule has 28 heavy (non-hydrogen) atoms. The molecule has 1 aliphatic carbocycles. The Bertz CT molecular complexity index is 711. The average Bonchev–Trinajstić information content (AvgIpc) is 2.96. The van der Waals surface area contributed by atoms with Crippen molar-refractivity contribution in [3.05, 3.63) is 29.8 Å². The zero-order chi connectivity index (χ0) is 20.1. The molecule has 1 aliphatic heterocycles. The second kappa shape index (κ2) is 9.08. The van der Waals surface area contributed by atoms with Crippen molar-refractivity contribution in [3.63, 3.8) is 0 Å². The van der Waals surface area contributed by atoms with Crippen molar-refractivity contribution >= 4 is 23.5 Å². The van der Waals surface area contributed by atoms with E-state index in [0.29, 0.717) is 6.54 Å². The molecule has 1 saturated carbocycles. The van der Waals surface area contributed by atoms with Gasteiger partial charge in [0.15, 0.2) is 0 Å². The summed E-state index contributed by atoms with van der Waals surface area (Å²) in [7, 11) is 3.99. The van der Waals surface area contributed by atoms with Crippen LogP contribution in [0.2, 0.25) is 0 Å². The van der Waals surface area contributed by atoms with Crippen LogP contribution in [0.5, 0.6) is 0 Å². The molecule has 1 saturated heterocycles. The molecular formula is C21H30N4O3. The number of amides is 4. The van der Waals surface area contributed by atoms with Crippen LogP contribution in [0.4, 0.5) is 10.5 Å². The molecule has 1 aromatic carbocycles. The summed E-state index contributed by atoms with van der Waals surface area (Å²) in [5.41, 5.74) is 2.27. The average molecular weight is 386 g/mol. The van der Waals surface area contributed by atoms with Gasteiger partial charge < -0.3 is 15.5 Å². The lowest BCUT2D eigenvalue weighted by Gasteiger charge is -2.28. The van der Waals surface area contributed by atoms with Crippen molar-refractivity contribution in [2.45, 2.75) is 57.0 Å². The highest BCUT2D eigenvalue weighted by Gasteiger charge is 2.42. The Kier molecular flexibility index (Phi) is 6.54. The molecule has 152 valence electrons. The van der Waals surface area contributed by atoms with E-state index in [-0.39, 0.29) is 30.3 Å². The van der Waals surface area contributed by atoms with E-state index in [1.54, 1.807) is 0 Å². The lowest BCUT2D eigenvalue weighted by Crippen LogP contribution is -2.42. The third-order valence-electron chi connectivity index (χ3n) is 5.57. The Balaban J connectivity index is 1.44. The highest BCUT2D eigenvalue weighted by Crippen LogP contribution is 2.25. The standard InChI is InChI=1S/C21H30N4O3/c1-24(2)16-10-8-15(9-11-16)12-13-22-19(26)14-18-20(27)25(21(28)23-18)17-6-4-3-5-7-17/h8-11,17-18H,3-7,12-14H2,1-2H3,(H,22,26)(H,23,28). The number of carbonyl (C=O) groups excluding carboxylic acids is 3. The van der Waals surface area contributed by atoms with Gasteiger partial charge in [0, 0.05) is 32.4 Å². The van der Waals surface area contributed by atoms with Crippen LogP contribution in [0.25, 0.3) is 0 Å². The topological polar surface area (TPSA) is 81.8 Å². The van der Waals surface area contributed by atoms with Gasteiger partial charge in [-0.05, 0) is 37.0 Å². The summed E-state index contributed by atoms with van der Waals surface area (Å²) < 4.78 is 0. The van der Waals surface area contributed by atoms with Gasteiger partial charge in [0.05, 0.1) is 6.42 Å². The molecule has 2 fully saturated rings. The number of rotatable bonds is 7. The van der Waals surface area contributed by atoms with Gasteiger partial charge in [-0.25, -0.2) is 4.79 Å². The third kappa shape index (κ3) is 4.82. The minimum atomic E-state index is -0.742. The summed E-state index contributed by atoms with van der Waals surface area (Å²) in [6.07, 6.45) is 5.69. The van der Waals surface area contributed by atoms with Crippen molar-refractivity contribution in [3.8, 4) is 0 Å². The molecule has 1 aromatic rings. The molecule has 4 amide bonds. The number of carbonyl (C=O) groups is 3. The van der Waals surface area contributed by atoms with Crippen LogP contribution in [0.15, 0.2) is 24.3 Å². The molecule has 1 atom stereocenters. The summed E-state index contributed by atoms with van der Waals surface area (Å²) in [5.74, 6) is -0.472. The monoisotopic (exact) mass is 386 g/mol. The number of hydrogen-bond donors (Lipinski definition) is 2. The van der Waals surface area contributed by atoms with Crippen molar-refractivity contribution in [2.24, 2.45) is 0 Å². The van der Waals surface area contributed by atoms with Gasteiger partial charge in [0.25, 0.3) is 5.91 Å². The van der Waals surface area contributed by atoms with Crippen LogP contribution in [-0.4, -0.2) is 55.5 Å². The quantitative estimate of drug-likeness (QED) is 0.703. The first kappa shape index (κ1) is 20.2. The minimum Gasteiger partial charge on any atom is -0.378 e. The van der Waals surface area contributed by atoms with Crippen molar-refractivity contribution in [1.82, 2.24) is 15.5 Å². The first-order valence-electron chi connectivity index (χ1n) is 10.1. The summed E-state index contributed by atoms with van der Waals surface area (Å²) >= 11 is 0. The van der Waals surface area contributed by atoms with E-state index in [1.807, 2.05) is 43.3 Å². The molecule has 3 rings (SSSR count). The van der Waals surface area contributed by atoms with E-state index in [0.717, 1.165) is 49.8 Å². The normalized spacial score (nSPS) is 20.2. The van der Waals surface area contributed by atoms with Crippen LogP contribution >= 0.6 is 0 Å². The van der Waals surface area contributed by atoms with E-state index < -0.39 is 6.04 Å². The van der Waals surface area contributed by atoms with Gasteiger partial charge in [-0.15, -0.1) is 0 Å². The SMILES string of the molecule is CN(C)c1ccc(CCNC(=O)CC2NC(=O)N(C3CCCCC3)C2=O)cc1. The zero-order valence-corrected chi connectivity index (χ0v) is 16.7. The smallest absolute Gasteiger partial charge is 0.325 e. The second-order valence-corrected chi connectivity index (χ2v) is 7.87. The molecule has 7 heteroatoms. The molecule has 0 aromatic heterocycles. The van der Waals surface area contributed by atoms with Crippen LogP contribution in [0.1, 0.15) is 44.1 Å². The maximum Gasteiger partial charge on any atom is 0.325 e. The van der Waals surface area contributed by atoms with Gasteiger partial charge in [-0.1, -0.05) is 31.4 Å². The molecule has 7 nitrogen and oxygen atoms in total. The molecule has 1 heterocycles. The molecule has 1 unspecified atom stereocenters. The van der Waals surface area contributed by atoms with Crippen molar-refractivity contribution < 1.29 is 14.4 Å². The predicted molar refractivity (Wildman–Crippen MR) is 108 cm³/mol. The van der Waals surface area contributed by atoms with Crippen LogP contribution in [0.3, 0.4) is 0 Å². The largest absolute Gasteiger partial charge is 0.378 e. The molecular weight excluding hydrogens is 356 g/mol. The van der Waals surface area contributed by atoms with Crippen molar-refractivity contribution in [1.29, 1.82) is 0 Å². The lowest BCUT2D eigenvalue weighted by molar-refractivity contribution is -0.132. The van der Waals surface area contributed by atoms with E-state index >= 15 is 0 Å². The van der Waals surface area contributed by atoms with Crippen molar-refractivity contribution in [2.75, 3.05) is 25.5 Å². The van der Waals surface area contributed by atoms with E-state index in [2.05, 4.69) is 10.6 Å². The highest BCUT2D eigenvalue weighted by molar-refractivity contribution is 6.06. The maximum atomic E-state index is 12.6. The zero-order valence-electron chi connectivity index (χ0n) is 16.7. The Labute approximate surface area is 166 Å². The number of hydrogen-bond acceptors (Lipinski definition) is 4. The van der Waals surface area contributed by atoms with E-state index in [1.165, 1.54) is 4.90 Å². The first-order chi connectivity index (χ1) is 13.5. The summed E-state index contributed by atoms with van der Waals surface area (Å²) in [6, 6.07) is 7.08. The Morgan fingerprint density at radius 1 is 1.14 bits per heavy atom. The van der Waals surface area contributed by atoms with E-state index in [9.17, 15) is 14.4 Å². The Morgan fingerprint density at radius 2 is 1.82 bits per heavy atom. The lowest BCUT2D eigenvalue weighted by atomic mass is 9.94. The van der Waals surface area contributed by atoms with Gasteiger partial charge >= 0.3 is 6.03 Å². The van der Waals surface area contributed by atoms with Gasteiger partial charge in [0.2, 0.25) is 5.91 Å².